The number of nitrogens with one attached hydrogen (secondary N) is 1. The van der Waals surface area contributed by atoms with Crippen molar-refractivity contribution in [2.75, 3.05) is 5.32 Å². The topological polar surface area (TPSA) is 49.3 Å². The Kier molecular flexibility index (Phi) is 8.03. The van der Waals surface area contributed by atoms with Gasteiger partial charge in [0.2, 0.25) is 0 Å². The summed E-state index contributed by atoms with van der Waals surface area (Å²) in [6.45, 7) is 2.25. The second-order valence-corrected chi connectivity index (χ2v) is 6.54. The number of aryl methyl sites for hydroxylation is 1. The number of unbranched alkanes of at least 4 members (excludes halogenated alkanes) is 6. The molecule has 0 aromatic heterocycles. The highest BCUT2D eigenvalue weighted by Gasteiger charge is 2.08. The van der Waals surface area contributed by atoms with Crippen LogP contribution in [0.5, 0.6) is 0 Å². The monoisotopic (exact) mass is 339 g/mol. The SMILES string of the molecule is CCCCCCCCCc1ccc(Nc2ccccc2C(=O)O)cc1. The van der Waals surface area contributed by atoms with Gasteiger partial charge in [-0.05, 0) is 42.7 Å². The van der Waals surface area contributed by atoms with Crippen molar-refractivity contribution in [1.82, 2.24) is 0 Å². The molecule has 2 rings (SSSR count). The van der Waals surface area contributed by atoms with Crippen LogP contribution in [0, 0.1) is 0 Å². The fourth-order valence-corrected chi connectivity index (χ4v) is 2.98. The van der Waals surface area contributed by atoms with E-state index in [4.69, 9.17) is 0 Å². The van der Waals surface area contributed by atoms with E-state index in [1.165, 1.54) is 50.5 Å². The van der Waals surface area contributed by atoms with E-state index in [2.05, 4.69) is 24.4 Å². The van der Waals surface area contributed by atoms with E-state index in [-0.39, 0.29) is 5.56 Å². The highest BCUT2D eigenvalue weighted by Crippen LogP contribution is 2.21. The van der Waals surface area contributed by atoms with Crippen LogP contribution >= 0.6 is 0 Å². The molecule has 0 radical (unpaired) electrons. The molecule has 134 valence electrons. The van der Waals surface area contributed by atoms with Crippen molar-refractivity contribution in [3.8, 4) is 0 Å². The minimum absolute atomic E-state index is 0.287. The Hall–Kier alpha value is -2.29. The lowest BCUT2D eigenvalue weighted by molar-refractivity contribution is 0.0698. The second-order valence-electron chi connectivity index (χ2n) is 6.54. The third-order valence-electron chi connectivity index (χ3n) is 4.46. The first-order valence-electron chi connectivity index (χ1n) is 9.39. The zero-order chi connectivity index (χ0) is 17.9. The molecule has 0 amide bonds. The first kappa shape index (κ1) is 19.0. The zero-order valence-electron chi connectivity index (χ0n) is 15.1. The van der Waals surface area contributed by atoms with Crippen LogP contribution in [0.1, 0.15) is 67.8 Å². The number of carboxylic acids is 1. The molecule has 0 unspecified atom stereocenters. The van der Waals surface area contributed by atoms with Gasteiger partial charge in [-0.1, -0.05) is 69.7 Å². The summed E-state index contributed by atoms with van der Waals surface area (Å²) in [7, 11) is 0. The van der Waals surface area contributed by atoms with Gasteiger partial charge in [0, 0.05) is 5.69 Å². The fraction of sp³-hybridized carbons (Fsp3) is 0.409. The van der Waals surface area contributed by atoms with Crippen molar-refractivity contribution in [1.29, 1.82) is 0 Å². The quantitative estimate of drug-likeness (QED) is 0.464. The number of anilines is 2. The Labute approximate surface area is 151 Å². The Morgan fingerprint density at radius 3 is 2.20 bits per heavy atom. The molecule has 0 saturated heterocycles. The highest BCUT2D eigenvalue weighted by atomic mass is 16.4. The Morgan fingerprint density at radius 2 is 1.52 bits per heavy atom. The van der Waals surface area contributed by atoms with E-state index in [1.54, 1.807) is 18.2 Å². The molecule has 0 aliphatic carbocycles. The molecule has 2 N–H and O–H groups in total. The van der Waals surface area contributed by atoms with Crippen LogP contribution in [0.4, 0.5) is 11.4 Å². The number of carboxylic acid groups (broad SMARTS) is 1. The summed E-state index contributed by atoms with van der Waals surface area (Å²) in [6, 6.07) is 15.3. The summed E-state index contributed by atoms with van der Waals surface area (Å²) in [6.07, 6.45) is 10.4. The Balaban J connectivity index is 1.79. The van der Waals surface area contributed by atoms with E-state index < -0.39 is 5.97 Å². The van der Waals surface area contributed by atoms with Gasteiger partial charge in [-0.3, -0.25) is 0 Å². The van der Waals surface area contributed by atoms with E-state index in [1.807, 2.05) is 18.2 Å². The number of carbonyl (C=O) groups is 1. The van der Waals surface area contributed by atoms with E-state index in [0.29, 0.717) is 5.69 Å². The lowest BCUT2D eigenvalue weighted by Crippen LogP contribution is -2.02. The number of aromatic carboxylic acids is 1. The van der Waals surface area contributed by atoms with Gasteiger partial charge >= 0.3 is 5.97 Å². The predicted molar refractivity (Wildman–Crippen MR) is 105 cm³/mol. The maximum atomic E-state index is 11.3. The van der Waals surface area contributed by atoms with Gasteiger partial charge in [0.1, 0.15) is 0 Å². The first-order valence-corrected chi connectivity index (χ1v) is 9.39. The number of rotatable bonds is 11. The summed E-state index contributed by atoms with van der Waals surface area (Å²) in [5.41, 5.74) is 3.16. The van der Waals surface area contributed by atoms with Gasteiger partial charge in [-0.2, -0.15) is 0 Å². The molecule has 0 bridgehead atoms. The number of hydrogen-bond donors (Lipinski definition) is 2. The second kappa shape index (κ2) is 10.5. The molecule has 0 atom stereocenters. The van der Waals surface area contributed by atoms with Crippen LogP contribution in [0.3, 0.4) is 0 Å². The van der Waals surface area contributed by atoms with Gasteiger partial charge in [0.05, 0.1) is 11.3 Å². The third kappa shape index (κ3) is 6.61. The largest absolute Gasteiger partial charge is 0.478 e. The van der Waals surface area contributed by atoms with Gasteiger partial charge < -0.3 is 10.4 Å². The van der Waals surface area contributed by atoms with Crippen LogP contribution in [-0.2, 0) is 6.42 Å². The normalized spacial score (nSPS) is 10.6. The van der Waals surface area contributed by atoms with Crippen molar-refractivity contribution < 1.29 is 9.90 Å². The molecule has 0 aliphatic rings. The maximum Gasteiger partial charge on any atom is 0.337 e. The molecule has 3 heteroatoms. The third-order valence-corrected chi connectivity index (χ3v) is 4.46. The average Bonchev–Trinajstić information content (AvgIpc) is 2.62. The van der Waals surface area contributed by atoms with Crippen LogP contribution in [0.15, 0.2) is 48.5 Å². The molecule has 2 aromatic rings. The number of benzene rings is 2. The lowest BCUT2D eigenvalue weighted by Gasteiger charge is -2.10. The summed E-state index contributed by atoms with van der Waals surface area (Å²) >= 11 is 0. The number of hydrogen-bond acceptors (Lipinski definition) is 2. The van der Waals surface area contributed by atoms with Crippen LogP contribution in [0.2, 0.25) is 0 Å². The minimum Gasteiger partial charge on any atom is -0.478 e. The van der Waals surface area contributed by atoms with Gasteiger partial charge in [0.15, 0.2) is 0 Å². The highest BCUT2D eigenvalue weighted by molar-refractivity contribution is 5.95. The summed E-state index contributed by atoms with van der Waals surface area (Å²) < 4.78 is 0. The van der Waals surface area contributed by atoms with E-state index >= 15 is 0 Å². The summed E-state index contributed by atoms with van der Waals surface area (Å²) in [5, 5.41) is 12.4. The molecule has 3 nitrogen and oxygen atoms in total. The van der Waals surface area contributed by atoms with Crippen molar-refractivity contribution >= 4 is 17.3 Å². The molecule has 25 heavy (non-hydrogen) atoms. The summed E-state index contributed by atoms with van der Waals surface area (Å²) in [4.78, 5) is 11.3. The molecular weight excluding hydrogens is 310 g/mol. The first-order chi connectivity index (χ1) is 12.2. The maximum absolute atomic E-state index is 11.3. The van der Waals surface area contributed by atoms with Gasteiger partial charge in [0.25, 0.3) is 0 Å². The zero-order valence-corrected chi connectivity index (χ0v) is 15.1. The van der Waals surface area contributed by atoms with Crippen LogP contribution < -0.4 is 5.32 Å². The average molecular weight is 339 g/mol. The fourth-order valence-electron chi connectivity index (χ4n) is 2.98. The summed E-state index contributed by atoms with van der Waals surface area (Å²) in [5.74, 6) is -0.918. The Bertz CT molecular complexity index is 649. The van der Waals surface area contributed by atoms with E-state index in [0.717, 1.165) is 12.1 Å². The molecule has 0 fully saturated rings. The molecule has 2 aromatic carbocycles. The molecule has 0 heterocycles. The molecular formula is C22H29NO2. The van der Waals surface area contributed by atoms with Crippen molar-refractivity contribution in [2.24, 2.45) is 0 Å². The molecule has 0 aliphatic heterocycles. The van der Waals surface area contributed by atoms with Crippen LogP contribution in [-0.4, -0.2) is 11.1 Å². The lowest BCUT2D eigenvalue weighted by atomic mass is 10.0. The van der Waals surface area contributed by atoms with Crippen molar-refractivity contribution in [2.45, 2.75) is 58.3 Å². The Morgan fingerprint density at radius 1 is 0.880 bits per heavy atom. The smallest absolute Gasteiger partial charge is 0.337 e. The van der Waals surface area contributed by atoms with Crippen molar-refractivity contribution in [3.05, 3.63) is 59.7 Å². The van der Waals surface area contributed by atoms with Gasteiger partial charge in [-0.25, -0.2) is 4.79 Å². The standard InChI is InChI=1S/C22H29NO2/c1-2-3-4-5-6-7-8-11-18-14-16-19(17-15-18)23-21-13-10-9-12-20(21)22(24)25/h9-10,12-17,23H,2-8,11H2,1H3,(H,24,25). The van der Waals surface area contributed by atoms with Crippen molar-refractivity contribution in [3.63, 3.8) is 0 Å². The molecule has 0 spiro atoms. The number of para-hydroxylation sites is 1. The van der Waals surface area contributed by atoms with E-state index in [9.17, 15) is 9.90 Å². The van der Waals surface area contributed by atoms with Crippen LogP contribution in [0.25, 0.3) is 0 Å². The minimum atomic E-state index is -0.918. The molecule has 0 saturated carbocycles. The van der Waals surface area contributed by atoms with Gasteiger partial charge in [-0.15, -0.1) is 0 Å². The predicted octanol–water partition coefficient (Wildman–Crippen LogP) is 6.42.